The zero-order valence-electron chi connectivity index (χ0n) is 20.4. The van der Waals surface area contributed by atoms with Crippen molar-refractivity contribution in [3.8, 4) is 11.5 Å². The zero-order valence-corrected chi connectivity index (χ0v) is 21.2. The number of esters is 1. The molecule has 1 aromatic heterocycles. The quantitative estimate of drug-likeness (QED) is 0.165. The number of carbonyl (C=O) groups excluding carboxylic acids is 2. The van der Waals surface area contributed by atoms with Crippen molar-refractivity contribution in [3.05, 3.63) is 77.3 Å². The molecule has 4 aromatic rings. The van der Waals surface area contributed by atoms with Crippen LogP contribution in [0.3, 0.4) is 0 Å². The number of nitrogens with zero attached hydrogens (tertiary/aromatic N) is 2. The average Bonchev–Trinajstić information content (AvgIpc) is 3.35. The van der Waals surface area contributed by atoms with Crippen molar-refractivity contribution in [2.45, 2.75) is 13.3 Å². The molecule has 4 rings (SSSR count). The van der Waals surface area contributed by atoms with Gasteiger partial charge in [-0.05, 0) is 42.1 Å². The summed E-state index contributed by atoms with van der Waals surface area (Å²) in [6, 6.07) is 18.8. The highest BCUT2D eigenvalue weighted by molar-refractivity contribution is 7.13. The number of hydrogen-bond donors (Lipinski definition) is 2. The maximum atomic E-state index is 12.5. The lowest BCUT2D eigenvalue weighted by Crippen LogP contribution is -2.20. The number of amides is 1. The number of aromatic nitrogens is 1. The number of thiazole rings is 1. The van der Waals surface area contributed by atoms with E-state index >= 15 is 0 Å². The molecule has 0 aliphatic rings. The summed E-state index contributed by atoms with van der Waals surface area (Å²) in [5, 5.41) is 11.4. The molecule has 3 aromatic carbocycles. The van der Waals surface area contributed by atoms with Crippen molar-refractivity contribution < 1.29 is 23.8 Å². The molecule has 9 nitrogen and oxygen atoms in total. The molecule has 2 N–H and O–H groups in total. The molecule has 0 atom stereocenters. The summed E-state index contributed by atoms with van der Waals surface area (Å²) in [5.74, 6) is 0.305. The van der Waals surface area contributed by atoms with Gasteiger partial charge in [-0.3, -0.25) is 15.0 Å². The highest BCUT2D eigenvalue weighted by Gasteiger charge is 2.11. The number of ether oxygens (including phenoxy) is 3. The van der Waals surface area contributed by atoms with Crippen LogP contribution >= 0.6 is 11.3 Å². The van der Waals surface area contributed by atoms with Crippen LogP contribution in [0.15, 0.2) is 71.1 Å². The van der Waals surface area contributed by atoms with Gasteiger partial charge in [-0.2, -0.15) is 5.10 Å². The summed E-state index contributed by atoms with van der Waals surface area (Å²) in [6.45, 7) is 1.93. The first kappa shape index (κ1) is 25.6. The number of anilines is 2. The van der Waals surface area contributed by atoms with Gasteiger partial charge in [-0.15, -0.1) is 11.3 Å². The van der Waals surface area contributed by atoms with Crippen LogP contribution < -0.4 is 20.2 Å². The summed E-state index contributed by atoms with van der Waals surface area (Å²) < 4.78 is 16.1. The van der Waals surface area contributed by atoms with Crippen molar-refractivity contribution in [2.75, 3.05) is 31.1 Å². The van der Waals surface area contributed by atoms with Gasteiger partial charge in [0.15, 0.2) is 18.1 Å². The number of hydrazone groups is 1. The van der Waals surface area contributed by atoms with Gasteiger partial charge in [0.2, 0.25) is 5.13 Å². The lowest BCUT2D eigenvalue weighted by atomic mass is 10.1. The first-order chi connectivity index (χ1) is 18.1. The number of rotatable bonds is 11. The largest absolute Gasteiger partial charge is 0.493 e. The summed E-state index contributed by atoms with van der Waals surface area (Å²) in [5.41, 5.74) is 4.94. The van der Waals surface area contributed by atoms with E-state index in [0.29, 0.717) is 28.9 Å². The van der Waals surface area contributed by atoms with Gasteiger partial charge in [-0.1, -0.05) is 36.4 Å². The molecule has 190 valence electrons. The van der Waals surface area contributed by atoms with E-state index in [4.69, 9.17) is 14.2 Å². The van der Waals surface area contributed by atoms with Crippen molar-refractivity contribution in [1.29, 1.82) is 0 Å². The third kappa shape index (κ3) is 7.05. The van der Waals surface area contributed by atoms with Crippen molar-refractivity contribution in [3.63, 3.8) is 0 Å². The van der Waals surface area contributed by atoms with E-state index in [9.17, 15) is 9.59 Å². The van der Waals surface area contributed by atoms with E-state index in [-0.39, 0.29) is 24.9 Å². The van der Waals surface area contributed by atoms with Crippen LogP contribution in [0.25, 0.3) is 10.8 Å². The molecular weight excluding hydrogens is 492 g/mol. The summed E-state index contributed by atoms with van der Waals surface area (Å²) in [7, 11) is 1.53. The number of nitrogens with one attached hydrogen (secondary N) is 2. The lowest BCUT2D eigenvalue weighted by Gasteiger charge is -2.12. The molecule has 0 aliphatic carbocycles. The fraction of sp³-hybridized carbons (Fsp3) is 0.185. The number of fused-ring (bicyclic) bond motifs is 1. The Bertz CT molecular complexity index is 1410. The number of methoxy groups -OCH3 is 1. The maximum Gasteiger partial charge on any atom is 0.311 e. The molecule has 1 heterocycles. The van der Waals surface area contributed by atoms with E-state index in [1.807, 2.05) is 42.5 Å². The zero-order chi connectivity index (χ0) is 26.0. The molecule has 10 heteroatoms. The van der Waals surface area contributed by atoms with Crippen molar-refractivity contribution >= 4 is 51.0 Å². The minimum Gasteiger partial charge on any atom is -0.493 e. The molecule has 0 saturated heterocycles. The third-order valence-corrected chi connectivity index (χ3v) is 5.96. The molecule has 0 spiro atoms. The smallest absolute Gasteiger partial charge is 0.311 e. The van der Waals surface area contributed by atoms with Crippen molar-refractivity contribution in [2.24, 2.45) is 5.10 Å². The van der Waals surface area contributed by atoms with Crippen LogP contribution in [-0.4, -0.2) is 43.4 Å². The highest BCUT2D eigenvalue weighted by Crippen LogP contribution is 2.28. The Kier molecular flexibility index (Phi) is 8.66. The van der Waals surface area contributed by atoms with E-state index in [1.165, 1.54) is 18.4 Å². The Morgan fingerprint density at radius 1 is 1.08 bits per heavy atom. The lowest BCUT2D eigenvalue weighted by molar-refractivity contribution is -0.142. The van der Waals surface area contributed by atoms with E-state index in [1.54, 1.807) is 36.7 Å². The van der Waals surface area contributed by atoms with Gasteiger partial charge in [0.1, 0.15) is 0 Å². The van der Waals surface area contributed by atoms with Crippen LogP contribution in [0.4, 0.5) is 10.8 Å². The van der Waals surface area contributed by atoms with Gasteiger partial charge in [0, 0.05) is 16.5 Å². The summed E-state index contributed by atoms with van der Waals surface area (Å²) >= 11 is 1.34. The number of benzene rings is 3. The van der Waals surface area contributed by atoms with E-state index < -0.39 is 0 Å². The topological polar surface area (TPSA) is 111 Å². The molecule has 0 unspecified atom stereocenters. The average molecular weight is 519 g/mol. The predicted octanol–water partition coefficient (Wildman–Crippen LogP) is 4.87. The number of carbonyl (C=O) groups is 2. The minimum absolute atomic E-state index is 0.119. The normalized spacial score (nSPS) is 10.9. The highest BCUT2D eigenvalue weighted by atomic mass is 32.1. The summed E-state index contributed by atoms with van der Waals surface area (Å²) in [4.78, 5) is 28.4. The minimum atomic E-state index is -0.316. The van der Waals surface area contributed by atoms with Crippen LogP contribution in [0.1, 0.15) is 18.2 Å². The third-order valence-electron chi connectivity index (χ3n) is 5.17. The predicted molar refractivity (Wildman–Crippen MR) is 145 cm³/mol. The monoisotopic (exact) mass is 518 g/mol. The molecule has 0 fully saturated rings. The molecule has 0 aliphatic heterocycles. The van der Waals surface area contributed by atoms with Crippen molar-refractivity contribution in [1.82, 2.24) is 4.98 Å². The Labute approximate surface area is 218 Å². The first-order valence-electron chi connectivity index (χ1n) is 11.5. The van der Waals surface area contributed by atoms with Gasteiger partial charge in [-0.25, -0.2) is 4.98 Å². The van der Waals surface area contributed by atoms with Crippen LogP contribution in [-0.2, 0) is 20.7 Å². The fourth-order valence-electron chi connectivity index (χ4n) is 3.51. The molecule has 37 heavy (non-hydrogen) atoms. The molecular formula is C27H26N4O5S. The van der Waals surface area contributed by atoms with E-state index in [0.717, 1.165) is 22.0 Å². The Morgan fingerprint density at radius 2 is 1.92 bits per heavy atom. The second kappa shape index (κ2) is 12.5. The first-order valence-corrected chi connectivity index (χ1v) is 12.4. The van der Waals surface area contributed by atoms with Crippen LogP contribution in [0, 0.1) is 0 Å². The standard InChI is InChI=1S/C27H26N4O5S/c1-3-35-26(33)14-20-17-37-27(29-20)31-28-15-18-11-12-23(24(13-18)34-2)36-16-25(32)30-22-10-6-8-19-7-4-5-9-21(19)22/h4-13,15,17H,3,14,16H2,1-2H3,(H,29,31)(H,30,32). The van der Waals surface area contributed by atoms with Crippen LogP contribution in [0.5, 0.6) is 11.5 Å². The molecule has 0 saturated carbocycles. The Hall–Kier alpha value is -4.44. The fourth-order valence-corrected chi connectivity index (χ4v) is 4.17. The molecule has 1 amide bonds. The van der Waals surface area contributed by atoms with Gasteiger partial charge >= 0.3 is 5.97 Å². The van der Waals surface area contributed by atoms with Gasteiger partial charge in [0.25, 0.3) is 5.91 Å². The number of hydrogen-bond acceptors (Lipinski definition) is 9. The molecule has 0 bridgehead atoms. The SMILES string of the molecule is CCOC(=O)Cc1csc(NN=Cc2ccc(OCC(=O)Nc3cccc4ccccc34)c(OC)c2)n1. The summed E-state index contributed by atoms with van der Waals surface area (Å²) in [6.07, 6.45) is 1.72. The van der Waals surface area contributed by atoms with E-state index in [2.05, 4.69) is 20.8 Å². The van der Waals surface area contributed by atoms with Gasteiger partial charge < -0.3 is 19.5 Å². The second-order valence-corrected chi connectivity index (χ2v) is 8.63. The van der Waals surface area contributed by atoms with Gasteiger partial charge in [0.05, 0.1) is 32.0 Å². The molecule has 0 radical (unpaired) electrons. The maximum absolute atomic E-state index is 12.5. The Morgan fingerprint density at radius 3 is 2.76 bits per heavy atom. The second-order valence-electron chi connectivity index (χ2n) is 7.77. The van der Waals surface area contributed by atoms with Crippen LogP contribution in [0.2, 0.25) is 0 Å². The Balaban J connectivity index is 1.32.